The predicted molar refractivity (Wildman–Crippen MR) is 167 cm³/mol. The lowest BCUT2D eigenvalue weighted by molar-refractivity contribution is -0.151. The molecule has 2 atom stereocenters. The third-order valence-corrected chi connectivity index (χ3v) is 8.81. The van der Waals surface area contributed by atoms with E-state index < -0.39 is 6.04 Å². The smallest absolute Gasteiger partial charge is 0.310 e. The van der Waals surface area contributed by atoms with Gasteiger partial charge in [0.25, 0.3) is 5.91 Å². The molecule has 8 nitrogen and oxygen atoms in total. The highest BCUT2D eigenvalue weighted by atomic mass is 32.2. The first-order valence-electron chi connectivity index (χ1n) is 14.6. The van der Waals surface area contributed by atoms with Crippen LogP contribution in [0.1, 0.15) is 70.0 Å². The topological polar surface area (TPSA) is 91.3 Å². The average molecular weight is 587 g/mol. The Bertz CT molecular complexity index is 1430. The molecule has 1 saturated heterocycles. The number of ether oxygens (including phenoxy) is 1. The first-order valence-corrected chi connectivity index (χ1v) is 15.5. The number of likely N-dealkylation sites (tertiary alicyclic amines) is 1. The molecule has 3 heterocycles. The number of anilines is 1. The van der Waals surface area contributed by atoms with Gasteiger partial charge in [-0.05, 0) is 61.3 Å². The second-order valence-corrected chi connectivity index (χ2v) is 12.0. The first kappa shape index (κ1) is 29.6. The van der Waals surface area contributed by atoms with Gasteiger partial charge in [0.2, 0.25) is 5.91 Å². The summed E-state index contributed by atoms with van der Waals surface area (Å²) < 4.78 is 5.23. The lowest BCUT2D eigenvalue weighted by atomic mass is 9.91. The van der Waals surface area contributed by atoms with E-state index in [2.05, 4.69) is 43.4 Å². The number of nitrogens with one attached hydrogen (secondary N) is 1. The lowest BCUT2D eigenvalue weighted by Gasteiger charge is -2.37. The second-order valence-electron chi connectivity index (χ2n) is 11.1. The minimum absolute atomic E-state index is 0.0485. The molecule has 0 spiro atoms. The molecule has 2 aromatic rings. The molecule has 2 aromatic carbocycles. The fourth-order valence-corrected chi connectivity index (χ4v) is 6.65. The Morgan fingerprint density at radius 2 is 1.83 bits per heavy atom. The molecule has 0 bridgehead atoms. The van der Waals surface area contributed by atoms with Gasteiger partial charge in [-0.3, -0.25) is 14.4 Å². The largest absolute Gasteiger partial charge is 0.466 e. The molecule has 2 amide bonds. The summed E-state index contributed by atoms with van der Waals surface area (Å²) in [5, 5.41) is 5.75. The number of allylic oxidation sites excluding steroid dienone is 1. The number of benzene rings is 2. The normalized spacial score (nSPS) is 20.2. The van der Waals surface area contributed by atoms with Gasteiger partial charge in [-0.2, -0.15) is 0 Å². The van der Waals surface area contributed by atoms with Crippen LogP contribution in [0, 0.1) is 5.92 Å². The Labute approximate surface area is 251 Å². The van der Waals surface area contributed by atoms with Crippen molar-refractivity contribution in [2.75, 3.05) is 25.0 Å². The Hall–Kier alpha value is -3.85. The number of hydrogen-bond donors (Lipinski definition) is 1. The molecule has 220 valence electrons. The third kappa shape index (κ3) is 6.31. The second kappa shape index (κ2) is 13.0. The van der Waals surface area contributed by atoms with Crippen LogP contribution in [-0.2, 0) is 19.1 Å². The number of piperidine rings is 1. The lowest BCUT2D eigenvalue weighted by Crippen LogP contribution is -2.44. The van der Waals surface area contributed by atoms with Crippen LogP contribution in [0.4, 0.5) is 5.69 Å². The van der Waals surface area contributed by atoms with Gasteiger partial charge in [0.1, 0.15) is 0 Å². The zero-order valence-electron chi connectivity index (χ0n) is 24.6. The number of carbonyl (C=O) groups is 3. The maximum Gasteiger partial charge on any atom is 0.310 e. The molecule has 42 heavy (non-hydrogen) atoms. The van der Waals surface area contributed by atoms with Crippen molar-refractivity contribution in [3.05, 3.63) is 88.1 Å². The zero-order chi connectivity index (χ0) is 29.8. The quantitative estimate of drug-likeness (QED) is 0.370. The highest BCUT2D eigenvalue weighted by Crippen LogP contribution is 2.45. The van der Waals surface area contributed by atoms with Crippen LogP contribution in [0.2, 0.25) is 0 Å². The van der Waals surface area contributed by atoms with Crippen LogP contribution in [0.25, 0.3) is 0 Å². The van der Waals surface area contributed by atoms with Gasteiger partial charge < -0.3 is 19.9 Å². The van der Waals surface area contributed by atoms with Gasteiger partial charge in [0.15, 0.2) is 5.17 Å². The monoisotopic (exact) mass is 586 g/mol. The van der Waals surface area contributed by atoms with Gasteiger partial charge in [-0.1, -0.05) is 68.1 Å². The van der Waals surface area contributed by atoms with Crippen LogP contribution in [0.5, 0.6) is 0 Å². The van der Waals surface area contributed by atoms with Crippen LogP contribution in [0.3, 0.4) is 0 Å². The van der Waals surface area contributed by atoms with E-state index in [0.717, 1.165) is 29.3 Å². The summed E-state index contributed by atoms with van der Waals surface area (Å²) in [7, 11) is 0. The highest BCUT2D eigenvalue weighted by Gasteiger charge is 2.41. The van der Waals surface area contributed by atoms with Crippen LogP contribution in [0.15, 0.2) is 82.0 Å². The summed E-state index contributed by atoms with van der Waals surface area (Å²) in [6.45, 7) is 9.27. The van der Waals surface area contributed by atoms with Crippen molar-refractivity contribution in [1.29, 1.82) is 0 Å². The number of amidine groups is 1. The van der Waals surface area contributed by atoms with E-state index >= 15 is 0 Å². The Morgan fingerprint density at radius 1 is 1.10 bits per heavy atom. The summed E-state index contributed by atoms with van der Waals surface area (Å²) in [6.07, 6.45) is 1.63. The zero-order valence-corrected chi connectivity index (χ0v) is 25.4. The molecule has 0 saturated carbocycles. The van der Waals surface area contributed by atoms with Gasteiger partial charge in [0.05, 0.1) is 36.3 Å². The number of amides is 2. The fourth-order valence-electron chi connectivity index (χ4n) is 5.68. The molecule has 5 rings (SSSR count). The van der Waals surface area contributed by atoms with Crippen molar-refractivity contribution in [2.24, 2.45) is 10.9 Å². The van der Waals surface area contributed by atoms with Gasteiger partial charge in [0, 0.05) is 24.5 Å². The molecule has 9 heteroatoms. The number of nitrogens with zero attached hydrogens (tertiary/aromatic N) is 3. The summed E-state index contributed by atoms with van der Waals surface area (Å²) in [5.74, 6) is -0.439. The van der Waals surface area contributed by atoms with E-state index in [-0.39, 0.29) is 30.1 Å². The predicted octanol–water partition coefficient (Wildman–Crippen LogP) is 6.22. The molecular formula is C33H38N4O4S. The summed E-state index contributed by atoms with van der Waals surface area (Å²) in [6, 6.07) is 17.3. The first-order chi connectivity index (χ1) is 20.3. The van der Waals surface area contributed by atoms with Crippen LogP contribution in [-0.4, -0.2) is 52.4 Å². The van der Waals surface area contributed by atoms with Gasteiger partial charge in [-0.15, -0.1) is 0 Å². The SMILES string of the molecule is CCOC(=O)[C@H]1CCCN(C(=O)CC2=CSC3=NC(C)=C(C(=O)Nc4ccccc4)[C@H](c4ccc(C(C)C)cc4)N23)C1. The Balaban J connectivity index is 1.44. The number of rotatable bonds is 8. The highest BCUT2D eigenvalue weighted by molar-refractivity contribution is 8.16. The minimum atomic E-state index is -0.454. The van der Waals surface area contributed by atoms with Gasteiger partial charge >= 0.3 is 5.97 Å². The van der Waals surface area contributed by atoms with E-state index in [1.807, 2.05) is 47.6 Å². The van der Waals surface area contributed by atoms with Crippen molar-refractivity contribution < 1.29 is 19.1 Å². The standard InChI is InChI=1S/C33H38N4O4S/c1-5-41-32(40)25-10-9-17-36(19-25)28(38)18-27-20-42-33-34-22(4)29(31(39)35-26-11-7-6-8-12-26)30(37(27)33)24-15-13-23(14-16-24)21(2)3/h6-8,11-16,20-21,25,30H,5,9-10,17-19H2,1-4H3,(H,35,39)/t25-,30-/m0/s1. The van der Waals surface area contributed by atoms with Crippen molar-refractivity contribution in [3.8, 4) is 0 Å². The number of aliphatic imine (C=N–C) groups is 1. The minimum Gasteiger partial charge on any atom is -0.466 e. The van der Waals surface area contributed by atoms with E-state index in [1.54, 1.807) is 11.8 Å². The number of fused-ring (bicyclic) bond motifs is 1. The third-order valence-electron chi connectivity index (χ3n) is 7.92. The van der Waals surface area contributed by atoms with E-state index in [9.17, 15) is 14.4 Å². The Kier molecular flexibility index (Phi) is 9.16. The number of thioether (sulfide) groups is 1. The van der Waals surface area contributed by atoms with E-state index in [0.29, 0.717) is 42.6 Å². The maximum atomic E-state index is 13.8. The van der Waals surface area contributed by atoms with Crippen molar-refractivity contribution in [2.45, 2.75) is 58.9 Å². The molecule has 3 aliphatic rings. The van der Waals surface area contributed by atoms with Crippen molar-refractivity contribution in [3.63, 3.8) is 0 Å². The summed E-state index contributed by atoms with van der Waals surface area (Å²) in [4.78, 5) is 48.5. The summed E-state index contributed by atoms with van der Waals surface area (Å²) in [5.41, 5.74) is 4.84. The molecule has 0 unspecified atom stereocenters. The van der Waals surface area contributed by atoms with Crippen molar-refractivity contribution >= 4 is 40.4 Å². The number of hydrogen-bond acceptors (Lipinski definition) is 7. The maximum absolute atomic E-state index is 13.8. The van der Waals surface area contributed by atoms with Gasteiger partial charge in [-0.25, -0.2) is 4.99 Å². The molecule has 1 N–H and O–H groups in total. The summed E-state index contributed by atoms with van der Waals surface area (Å²) >= 11 is 1.47. The Morgan fingerprint density at radius 3 is 2.52 bits per heavy atom. The molecular weight excluding hydrogens is 548 g/mol. The van der Waals surface area contributed by atoms with Crippen LogP contribution < -0.4 is 5.32 Å². The number of para-hydroxylation sites is 1. The van der Waals surface area contributed by atoms with Crippen molar-refractivity contribution in [1.82, 2.24) is 9.80 Å². The average Bonchev–Trinajstić information content (AvgIpc) is 3.38. The molecule has 3 aliphatic heterocycles. The fraction of sp³-hybridized carbons (Fsp3) is 0.394. The molecule has 0 aliphatic carbocycles. The molecule has 0 radical (unpaired) electrons. The number of carbonyl (C=O) groups excluding carboxylic acids is 3. The van der Waals surface area contributed by atoms with E-state index in [4.69, 9.17) is 9.73 Å². The number of esters is 1. The molecule has 0 aromatic heterocycles. The molecule has 1 fully saturated rings. The van der Waals surface area contributed by atoms with E-state index in [1.165, 1.54) is 17.3 Å². The van der Waals surface area contributed by atoms with Crippen LogP contribution >= 0.6 is 11.8 Å².